The number of Topliss-reactive ketones (excluding diaryl/α,β-unsaturated/α-hetero) is 1. The summed E-state index contributed by atoms with van der Waals surface area (Å²) in [6.45, 7) is 5.06. The van der Waals surface area contributed by atoms with Gasteiger partial charge in [0.1, 0.15) is 5.60 Å². The third kappa shape index (κ3) is 7.23. The summed E-state index contributed by atoms with van der Waals surface area (Å²) in [4.78, 5) is 37.0. The van der Waals surface area contributed by atoms with Gasteiger partial charge in [0.25, 0.3) is 5.91 Å². The Morgan fingerprint density at radius 2 is 1.50 bits per heavy atom. The minimum atomic E-state index is -0.812. The number of hydrogen-bond acceptors (Lipinski definition) is 4. The first-order valence-electron chi connectivity index (χ1n) is 9.14. The third-order valence-electron chi connectivity index (χ3n) is 3.82. The molecule has 0 aliphatic rings. The van der Waals surface area contributed by atoms with Gasteiger partial charge in [0.05, 0.1) is 12.6 Å². The number of carbonyl (C=O) groups excluding carboxylic acids is 3. The molecule has 148 valence electrons. The lowest BCUT2D eigenvalue weighted by Crippen LogP contribution is -2.48. The first-order valence-corrected chi connectivity index (χ1v) is 9.14. The molecule has 2 aromatic rings. The van der Waals surface area contributed by atoms with Gasteiger partial charge >= 0.3 is 6.09 Å². The Kier molecular flexibility index (Phi) is 7.32. The predicted octanol–water partition coefficient (Wildman–Crippen LogP) is 3.12. The molecule has 0 aliphatic carbocycles. The summed E-state index contributed by atoms with van der Waals surface area (Å²) in [5.74, 6) is -0.649. The van der Waals surface area contributed by atoms with Crippen molar-refractivity contribution in [2.24, 2.45) is 0 Å². The van der Waals surface area contributed by atoms with Crippen LogP contribution in [0.2, 0.25) is 0 Å². The summed E-state index contributed by atoms with van der Waals surface area (Å²) in [6.07, 6.45) is -0.365. The fourth-order valence-corrected chi connectivity index (χ4v) is 2.53. The first kappa shape index (κ1) is 21.2. The molecule has 0 saturated carbocycles. The fourth-order valence-electron chi connectivity index (χ4n) is 2.53. The molecule has 1 atom stereocenters. The van der Waals surface area contributed by atoms with Gasteiger partial charge in [0, 0.05) is 5.56 Å². The van der Waals surface area contributed by atoms with Crippen LogP contribution in [0.4, 0.5) is 4.79 Å². The van der Waals surface area contributed by atoms with Crippen molar-refractivity contribution in [1.82, 2.24) is 10.6 Å². The lowest BCUT2D eigenvalue weighted by Gasteiger charge is -2.23. The molecule has 2 amide bonds. The quantitative estimate of drug-likeness (QED) is 0.771. The minimum absolute atomic E-state index is 0.193. The number of ketones is 1. The molecular formula is C22H26N2O4. The highest BCUT2D eigenvalue weighted by Crippen LogP contribution is 2.09. The predicted molar refractivity (Wildman–Crippen MR) is 107 cm³/mol. The maximum Gasteiger partial charge on any atom is 0.408 e. The van der Waals surface area contributed by atoms with Gasteiger partial charge in [0.2, 0.25) is 0 Å². The lowest BCUT2D eigenvalue weighted by atomic mass is 10.0. The summed E-state index contributed by atoms with van der Waals surface area (Å²) in [5, 5.41) is 5.23. The molecule has 0 unspecified atom stereocenters. The Morgan fingerprint density at radius 3 is 2.07 bits per heavy atom. The van der Waals surface area contributed by atoms with Gasteiger partial charge in [0.15, 0.2) is 5.78 Å². The van der Waals surface area contributed by atoms with E-state index in [1.165, 1.54) is 0 Å². The Balaban J connectivity index is 2.03. The van der Waals surface area contributed by atoms with Crippen molar-refractivity contribution in [3.63, 3.8) is 0 Å². The van der Waals surface area contributed by atoms with Crippen LogP contribution < -0.4 is 10.6 Å². The SMILES string of the molecule is CC(C)(C)OC(=O)N[C@@H](Cc1ccccc1)C(=O)CNC(=O)c1ccccc1. The van der Waals surface area contributed by atoms with Crippen LogP contribution >= 0.6 is 0 Å². The van der Waals surface area contributed by atoms with Crippen LogP contribution in [-0.2, 0) is 16.0 Å². The van der Waals surface area contributed by atoms with Crippen LogP contribution in [0.3, 0.4) is 0 Å². The normalized spacial score (nSPS) is 12.0. The fraction of sp³-hybridized carbons (Fsp3) is 0.318. The molecular weight excluding hydrogens is 356 g/mol. The molecule has 0 spiro atoms. The van der Waals surface area contributed by atoms with Crippen LogP contribution in [0.5, 0.6) is 0 Å². The second-order valence-corrected chi connectivity index (χ2v) is 7.40. The van der Waals surface area contributed by atoms with Crippen molar-refractivity contribution in [1.29, 1.82) is 0 Å². The molecule has 6 heteroatoms. The largest absolute Gasteiger partial charge is 0.444 e. The maximum atomic E-state index is 12.7. The molecule has 0 aromatic heterocycles. The standard InChI is InChI=1S/C22H26N2O4/c1-22(2,3)28-21(27)24-18(14-16-10-6-4-7-11-16)19(25)15-23-20(26)17-12-8-5-9-13-17/h4-13,18H,14-15H2,1-3H3,(H,23,26)(H,24,27)/t18-/m0/s1. The number of rotatable bonds is 7. The van der Waals surface area contributed by atoms with Crippen LogP contribution in [0.1, 0.15) is 36.7 Å². The average Bonchev–Trinajstić information content (AvgIpc) is 2.65. The monoisotopic (exact) mass is 382 g/mol. The first-order chi connectivity index (χ1) is 13.2. The molecule has 2 aromatic carbocycles. The summed E-state index contributed by atoms with van der Waals surface area (Å²) in [5.41, 5.74) is 0.688. The van der Waals surface area contributed by atoms with Gasteiger partial charge in [-0.1, -0.05) is 48.5 Å². The summed E-state index contributed by atoms with van der Waals surface area (Å²) in [7, 11) is 0. The molecule has 2 rings (SSSR count). The van der Waals surface area contributed by atoms with Gasteiger partial charge < -0.3 is 15.4 Å². The number of amides is 2. The Bertz CT molecular complexity index is 798. The highest BCUT2D eigenvalue weighted by Gasteiger charge is 2.25. The van der Waals surface area contributed by atoms with E-state index in [0.717, 1.165) is 5.56 Å². The van der Waals surface area contributed by atoms with Gasteiger partial charge in [-0.15, -0.1) is 0 Å². The highest BCUT2D eigenvalue weighted by molar-refractivity contribution is 5.98. The van der Waals surface area contributed by atoms with E-state index < -0.39 is 17.7 Å². The van der Waals surface area contributed by atoms with E-state index in [2.05, 4.69) is 10.6 Å². The number of benzene rings is 2. The van der Waals surface area contributed by atoms with Gasteiger partial charge in [-0.2, -0.15) is 0 Å². The van der Waals surface area contributed by atoms with Crippen molar-refractivity contribution in [2.45, 2.75) is 38.8 Å². The molecule has 28 heavy (non-hydrogen) atoms. The zero-order chi connectivity index (χ0) is 20.6. The molecule has 0 heterocycles. The van der Waals surface area contributed by atoms with E-state index in [1.807, 2.05) is 36.4 Å². The van der Waals surface area contributed by atoms with Crippen molar-refractivity contribution in [2.75, 3.05) is 6.54 Å². The second kappa shape index (κ2) is 9.69. The summed E-state index contributed by atoms with van der Waals surface area (Å²) < 4.78 is 5.26. The third-order valence-corrected chi connectivity index (χ3v) is 3.82. The van der Waals surface area contributed by atoms with Gasteiger partial charge in [-0.25, -0.2) is 4.79 Å². The van der Waals surface area contributed by atoms with Crippen LogP contribution in [0.25, 0.3) is 0 Å². The van der Waals surface area contributed by atoms with Crippen LogP contribution in [0.15, 0.2) is 60.7 Å². The van der Waals surface area contributed by atoms with Crippen molar-refractivity contribution in [3.05, 3.63) is 71.8 Å². The Morgan fingerprint density at radius 1 is 0.929 bits per heavy atom. The zero-order valence-corrected chi connectivity index (χ0v) is 16.4. The van der Waals surface area contributed by atoms with Crippen molar-refractivity contribution in [3.8, 4) is 0 Å². The average molecular weight is 382 g/mol. The van der Waals surface area contributed by atoms with Crippen LogP contribution in [-0.4, -0.2) is 36.0 Å². The molecule has 0 saturated heterocycles. The highest BCUT2D eigenvalue weighted by atomic mass is 16.6. The van der Waals surface area contributed by atoms with Crippen molar-refractivity contribution >= 4 is 17.8 Å². The summed E-state index contributed by atoms with van der Waals surface area (Å²) >= 11 is 0. The second-order valence-electron chi connectivity index (χ2n) is 7.40. The van der Waals surface area contributed by atoms with E-state index in [4.69, 9.17) is 4.74 Å². The van der Waals surface area contributed by atoms with E-state index in [9.17, 15) is 14.4 Å². The smallest absolute Gasteiger partial charge is 0.408 e. The molecule has 0 bridgehead atoms. The lowest BCUT2D eigenvalue weighted by molar-refractivity contribution is -0.120. The van der Waals surface area contributed by atoms with E-state index >= 15 is 0 Å². The Labute approximate surface area is 165 Å². The van der Waals surface area contributed by atoms with Gasteiger partial charge in [-0.05, 0) is 44.9 Å². The Hall–Kier alpha value is -3.15. The number of carbonyl (C=O) groups is 3. The van der Waals surface area contributed by atoms with Crippen LogP contribution in [0, 0.1) is 0 Å². The molecule has 0 radical (unpaired) electrons. The number of alkyl carbamates (subject to hydrolysis) is 1. The van der Waals surface area contributed by atoms with E-state index in [0.29, 0.717) is 12.0 Å². The maximum absolute atomic E-state index is 12.7. The molecule has 6 nitrogen and oxygen atoms in total. The molecule has 0 aliphatic heterocycles. The van der Waals surface area contributed by atoms with E-state index in [-0.39, 0.29) is 18.2 Å². The topological polar surface area (TPSA) is 84.5 Å². The number of ether oxygens (including phenoxy) is 1. The minimum Gasteiger partial charge on any atom is -0.444 e. The number of hydrogen-bond donors (Lipinski definition) is 2. The number of nitrogens with one attached hydrogen (secondary N) is 2. The summed E-state index contributed by atoms with van der Waals surface area (Å²) in [6, 6.07) is 17.2. The molecule has 0 fully saturated rings. The molecule has 2 N–H and O–H groups in total. The van der Waals surface area contributed by atoms with E-state index in [1.54, 1.807) is 45.0 Å². The zero-order valence-electron chi connectivity index (χ0n) is 16.4. The van der Waals surface area contributed by atoms with Crippen molar-refractivity contribution < 1.29 is 19.1 Å². The van der Waals surface area contributed by atoms with Gasteiger partial charge in [-0.3, -0.25) is 9.59 Å².